The van der Waals surface area contributed by atoms with Crippen molar-refractivity contribution in [2.45, 2.75) is 39.8 Å². The second kappa shape index (κ2) is 5.90. The minimum absolute atomic E-state index is 0.0818. The molecule has 6 heteroatoms. The van der Waals surface area contributed by atoms with Gasteiger partial charge in [0.15, 0.2) is 0 Å². The summed E-state index contributed by atoms with van der Waals surface area (Å²) < 4.78 is 3.77. The van der Waals surface area contributed by atoms with Crippen LogP contribution in [0.25, 0.3) is 0 Å². The molecule has 0 saturated carbocycles. The fourth-order valence-corrected chi connectivity index (χ4v) is 2.18. The molecular formula is C14H21N5O. The molecule has 1 N–H and O–H groups in total. The fourth-order valence-electron chi connectivity index (χ4n) is 2.18. The maximum Gasteiger partial charge on any atom is 0.253 e. The monoisotopic (exact) mass is 275 g/mol. The van der Waals surface area contributed by atoms with Gasteiger partial charge in [0.2, 0.25) is 0 Å². The van der Waals surface area contributed by atoms with Crippen molar-refractivity contribution in [3.05, 3.63) is 35.7 Å². The molecule has 1 atom stereocenters. The second-order valence-electron chi connectivity index (χ2n) is 4.96. The van der Waals surface area contributed by atoms with E-state index in [1.807, 2.05) is 42.4 Å². The average molecular weight is 275 g/mol. The predicted molar refractivity (Wildman–Crippen MR) is 76.3 cm³/mol. The number of nitrogens with one attached hydrogen (secondary N) is 1. The number of amides is 1. The van der Waals surface area contributed by atoms with E-state index in [0.29, 0.717) is 5.56 Å². The normalized spacial score (nSPS) is 12.4. The molecular weight excluding hydrogens is 254 g/mol. The van der Waals surface area contributed by atoms with E-state index in [1.165, 1.54) is 6.33 Å². The van der Waals surface area contributed by atoms with Gasteiger partial charge in [0.1, 0.15) is 12.2 Å². The van der Waals surface area contributed by atoms with Crippen LogP contribution in [0, 0.1) is 6.92 Å². The molecule has 0 radical (unpaired) electrons. The van der Waals surface area contributed by atoms with Crippen LogP contribution in [0.5, 0.6) is 0 Å². The van der Waals surface area contributed by atoms with Crippen molar-refractivity contribution in [2.24, 2.45) is 7.05 Å². The van der Waals surface area contributed by atoms with E-state index in [4.69, 9.17) is 0 Å². The third-order valence-electron chi connectivity index (χ3n) is 3.44. The van der Waals surface area contributed by atoms with Crippen molar-refractivity contribution in [3.63, 3.8) is 0 Å². The summed E-state index contributed by atoms with van der Waals surface area (Å²) in [5, 5.41) is 7.15. The van der Waals surface area contributed by atoms with E-state index in [2.05, 4.69) is 22.3 Å². The summed E-state index contributed by atoms with van der Waals surface area (Å²) in [7, 11) is 1.92. The molecule has 0 aliphatic heterocycles. The SMILES string of the molecule is CCCn1ncnc1[C@@H](C)NC(=O)c1ccn(C)c1C. The number of carbonyl (C=O) groups is 1. The Morgan fingerprint density at radius 2 is 2.25 bits per heavy atom. The maximum atomic E-state index is 12.3. The van der Waals surface area contributed by atoms with E-state index >= 15 is 0 Å². The molecule has 0 fully saturated rings. The summed E-state index contributed by atoms with van der Waals surface area (Å²) in [6, 6.07) is 1.66. The molecule has 20 heavy (non-hydrogen) atoms. The summed E-state index contributed by atoms with van der Waals surface area (Å²) >= 11 is 0. The number of nitrogens with zero attached hydrogens (tertiary/aromatic N) is 4. The molecule has 0 spiro atoms. The first-order valence-electron chi connectivity index (χ1n) is 6.85. The van der Waals surface area contributed by atoms with Gasteiger partial charge in [-0.25, -0.2) is 9.67 Å². The Balaban J connectivity index is 2.11. The molecule has 2 rings (SSSR count). The standard InChI is InChI=1S/C14H21N5O/c1-5-7-19-13(15-9-16-19)10(2)17-14(20)12-6-8-18(4)11(12)3/h6,8-10H,5,7H2,1-4H3,(H,17,20)/t10-/m1/s1. The highest BCUT2D eigenvalue weighted by Crippen LogP contribution is 2.13. The molecule has 108 valence electrons. The number of aryl methyl sites for hydroxylation is 2. The smallest absolute Gasteiger partial charge is 0.253 e. The van der Waals surface area contributed by atoms with E-state index in [1.54, 1.807) is 0 Å². The summed E-state index contributed by atoms with van der Waals surface area (Å²) in [5.41, 5.74) is 1.64. The second-order valence-corrected chi connectivity index (χ2v) is 4.96. The molecule has 2 heterocycles. The van der Waals surface area contributed by atoms with Gasteiger partial charge in [0.25, 0.3) is 5.91 Å². The van der Waals surface area contributed by atoms with Crippen LogP contribution in [0.15, 0.2) is 18.6 Å². The van der Waals surface area contributed by atoms with Crippen molar-refractivity contribution in [1.29, 1.82) is 0 Å². The summed E-state index contributed by atoms with van der Waals surface area (Å²) in [6.07, 6.45) is 4.39. The highest BCUT2D eigenvalue weighted by Gasteiger charge is 2.18. The fraction of sp³-hybridized carbons (Fsp3) is 0.500. The molecule has 0 aromatic carbocycles. The lowest BCUT2D eigenvalue weighted by atomic mass is 10.2. The van der Waals surface area contributed by atoms with Crippen LogP contribution in [0.3, 0.4) is 0 Å². The van der Waals surface area contributed by atoms with Gasteiger partial charge in [0, 0.05) is 25.5 Å². The average Bonchev–Trinajstić information content (AvgIpc) is 2.98. The highest BCUT2D eigenvalue weighted by molar-refractivity contribution is 5.95. The first-order valence-corrected chi connectivity index (χ1v) is 6.85. The van der Waals surface area contributed by atoms with Crippen molar-refractivity contribution >= 4 is 5.91 Å². The first-order chi connectivity index (χ1) is 9.54. The van der Waals surface area contributed by atoms with E-state index in [-0.39, 0.29) is 11.9 Å². The third-order valence-corrected chi connectivity index (χ3v) is 3.44. The Morgan fingerprint density at radius 3 is 2.85 bits per heavy atom. The number of hydrogen-bond acceptors (Lipinski definition) is 3. The molecule has 0 bridgehead atoms. The Labute approximate surface area is 118 Å². The number of rotatable bonds is 5. The Bertz CT molecular complexity index is 598. The van der Waals surface area contributed by atoms with Gasteiger partial charge in [0.05, 0.1) is 11.6 Å². The predicted octanol–water partition coefficient (Wildman–Crippen LogP) is 1.83. The molecule has 0 aliphatic carbocycles. The number of hydrogen-bond donors (Lipinski definition) is 1. The molecule has 1 amide bonds. The topological polar surface area (TPSA) is 64.7 Å². The summed E-state index contributed by atoms with van der Waals surface area (Å²) in [6.45, 7) is 6.74. The summed E-state index contributed by atoms with van der Waals surface area (Å²) in [4.78, 5) is 16.5. The van der Waals surface area contributed by atoms with Gasteiger partial charge in [-0.05, 0) is 26.3 Å². The molecule has 0 saturated heterocycles. The highest BCUT2D eigenvalue weighted by atomic mass is 16.1. The molecule has 0 aliphatic rings. The Hall–Kier alpha value is -2.11. The molecule has 6 nitrogen and oxygen atoms in total. The zero-order valence-electron chi connectivity index (χ0n) is 12.4. The lowest BCUT2D eigenvalue weighted by Crippen LogP contribution is -2.29. The quantitative estimate of drug-likeness (QED) is 0.905. The van der Waals surface area contributed by atoms with Crippen LogP contribution in [-0.4, -0.2) is 25.2 Å². The van der Waals surface area contributed by atoms with Gasteiger partial charge in [-0.2, -0.15) is 5.10 Å². The van der Waals surface area contributed by atoms with Crippen LogP contribution in [-0.2, 0) is 13.6 Å². The molecule has 2 aromatic heterocycles. The van der Waals surface area contributed by atoms with Crippen molar-refractivity contribution in [3.8, 4) is 0 Å². The third kappa shape index (κ3) is 2.74. The van der Waals surface area contributed by atoms with Crippen LogP contribution < -0.4 is 5.32 Å². The number of carbonyl (C=O) groups excluding carboxylic acids is 1. The first kappa shape index (κ1) is 14.3. The number of aromatic nitrogens is 4. The van der Waals surface area contributed by atoms with Crippen molar-refractivity contribution < 1.29 is 4.79 Å². The van der Waals surface area contributed by atoms with Crippen LogP contribution in [0.1, 0.15) is 48.2 Å². The summed E-state index contributed by atoms with van der Waals surface area (Å²) in [5.74, 6) is 0.704. The van der Waals surface area contributed by atoms with E-state index in [0.717, 1.165) is 24.5 Å². The van der Waals surface area contributed by atoms with Gasteiger partial charge in [-0.3, -0.25) is 4.79 Å². The van der Waals surface area contributed by atoms with Gasteiger partial charge in [-0.15, -0.1) is 0 Å². The Kier molecular flexibility index (Phi) is 4.22. The minimum Gasteiger partial charge on any atom is -0.354 e. The van der Waals surface area contributed by atoms with Crippen LogP contribution >= 0.6 is 0 Å². The Morgan fingerprint density at radius 1 is 1.50 bits per heavy atom. The molecule has 0 unspecified atom stereocenters. The van der Waals surface area contributed by atoms with Gasteiger partial charge < -0.3 is 9.88 Å². The largest absolute Gasteiger partial charge is 0.354 e. The van der Waals surface area contributed by atoms with Gasteiger partial charge in [-0.1, -0.05) is 6.92 Å². The zero-order chi connectivity index (χ0) is 14.7. The molecule has 2 aromatic rings. The van der Waals surface area contributed by atoms with Gasteiger partial charge >= 0.3 is 0 Å². The van der Waals surface area contributed by atoms with Crippen LogP contribution in [0.4, 0.5) is 0 Å². The lowest BCUT2D eigenvalue weighted by Gasteiger charge is -2.14. The minimum atomic E-state index is -0.170. The lowest BCUT2D eigenvalue weighted by molar-refractivity contribution is 0.0936. The van der Waals surface area contributed by atoms with Crippen molar-refractivity contribution in [2.75, 3.05) is 0 Å². The van der Waals surface area contributed by atoms with Crippen molar-refractivity contribution in [1.82, 2.24) is 24.6 Å². The van der Waals surface area contributed by atoms with E-state index in [9.17, 15) is 4.79 Å². The maximum absolute atomic E-state index is 12.3. The van der Waals surface area contributed by atoms with Crippen LogP contribution in [0.2, 0.25) is 0 Å². The zero-order valence-corrected chi connectivity index (χ0v) is 12.4. The van der Waals surface area contributed by atoms with E-state index < -0.39 is 0 Å².